The summed E-state index contributed by atoms with van der Waals surface area (Å²) in [5.41, 5.74) is 3.85. The average Bonchev–Trinajstić information content (AvgIpc) is 3.15. The maximum absolute atomic E-state index is 13.4. The smallest absolute Gasteiger partial charge is 0.331 e. The zero-order valence-electron chi connectivity index (χ0n) is 19.9. The number of halogens is 3. The molecule has 10 heteroatoms. The van der Waals surface area contributed by atoms with E-state index < -0.39 is 18.0 Å². The number of alkyl halides is 3. The van der Waals surface area contributed by atoms with Crippen LogP contribution in [0, 0.1) is 6.92 Å². The first-order valence-electron chi connectivity index (χ1n) is 11.2. The van der Waals surface area contributed by atoms with Crippen molar-refractivity contribution in [1.29, 1.82) is 0 Å². The van der Waals surface area contributed by atoms with Crippen molar-refractivity contribution in [2.75, 3.05) is 11.9 Å². The summed E-state index contributed by atoms with van der Waals surface area (Å²) in [6, 6.07) is 17.5. The molecule has 2 aromatic carbocycles. The van der Waals surface area contributed by atoms with Crippen molar-refractivity contribution in [2.24, 2.45) is 7.05 Å². The number of hydrogen-bond donors (Lipinski definition) is 1. The lowest BCUT2D eigenvalue weighted by Crippen LogP contribution is -2.40. The second-order valence-electron chi connectivity index (χ2n) is 8.30. The summed E-state index contributed by atoms with van der Waals surface area (Å²) < 4.78 is 40.3. The molecule has 0 saturated heterocycles. The number of fused-ring (bicyclic) bond motifs is 1. The number of rotatable bonds is 6. The molecule has 2 heterocycles. The lowest BCUT2D eigenvalue weighted by Gasteiger charge is -2.22. The van der Waals surface area contributed by atoms with Crippen LogP contribution in [0.25, 0.3) is 22.3 Å². The molecule has 0 aliphatic carbocycles. The van der Waals surface area contributed by atoms with Crippen LogP contribution in [-0.4, -0.2) is 44.2 Å². The van der Waals surface area contributed by atoms with Gasteiger partial charge < -0.3 is 10.2 Å². The molecule has 0 bridgehead atoms. The van der Waals surface area contributed by atoms with E-state index in [9.17, 15) is 22.8 Å². The van der Waals surface area contributed by atoms with Gasteiger partial charge in [0, 0.05) is 31.4 Å². The molecule has 4 rings (SSSR count). The molecule has 1 N–H and O–H groups in total. The highest BCUT2D eigenvalue weighted by Crippen LogP contribution is 2.28. The molecule has 0 spiro atoms. The van der Waals surface area contributed by atoms with Crippen LogP contribution in [0.15, 0.2) is 60.7 Å². The summed E-state index contributed by atoms with van der Waals surface area (Å²) >= 11 is 0. The van der Waals surface area contributed by atoms with Gasteiger partial charge in [-0.2, -0.15) is 18.3 Å². The van der Waals surface area contributed by atoms with E-state index in [4.69, 9.17) is 4.98 Å². The average molecular weight is 496 g/mol. The Labute approximate surface area is 205 Å². The van der Waals surface area contributed by atoms with E-state index >= 15 is 0 Å². The zero-order valence-corrected chi connectivity index (χ0v) is 19.9. The van der Waals surface area contributed by atoms with Gasteiger partial charge >= 0.3 is 12.1 Å². The Hall–Kier alpha value is -4.21. The number of nitrogens with zero attached hydrogens (tertiary/aromatic N) is 4. The summed E-state index contributed by atoms with van der Waals surface area (Å²) in [7, 11) is 1.75. The van der Waals surface area contributed by atoms with Crippen LogP contribution in [0.2, 0.25) is 0 Å². The van der Waals surface area contributed by atoms with Crippen molar-refractivity contribution in [3.05, 3.63) is 77.5 Å². The molecule has 0 aliphatic heterocycles. The number of benzene rings is 2. The Bertz CT molecular complexity index is 1430. The predicted molar refractivity (Wildman–Crippen MR) is 130 cm³/mol. The van der Waals surface area contributed by atoms with E-state index in [0.717, 1.165) is 5.56 Å². The summed E-state index contributed by atoms with van der Waals surface area (Å²) in [6.45, 7) is 2.93. The number of aromatic nitrogens is 3. The second-order valence-corrected chi connectivity index (χ2v) is 8.30. The number of amides is 2. The molecule has 0 radical (unpaired) electrons. The summed E-state index contributed by atoms with van der Waals surface area (Å²) in [5, 5.41) is 7.85. The molecule has 36 heavy (non-hydrogen) atoms. The monoisotopic (exact) mass is 495 g/mol. The van der Waals surface area contributed by atoms with Gasteiger partial charge in [0.1, 0.15) is 0 Å². The predicted octanol–water partition coefficient (Wildman–Crippen LogP) is 5.11. The van der Waals surface area contributed by atoms with Crippen LogP contribution in [-0.2, 0) is 18.4 Å². The Balaban J connectivity index is 1.66. The minimum Gasteiger partial charge on any atom is -0.331 e. The lowest BCUT2D eigenvalue weighted by atomic mass is 10.0. The van der Waals surface area contributed by atoms with Crippen molar-refractivity contribution in [3.8, 4) is 11.3 Å². The Morgan fingerprint density at radius 3 is 2.44 bits per heavy atom. The molecule has 4 aromatic rings. The molecule has 2 amide bonds. The van der Waals surface area contributed by atoms with E-state index in [0.29, 0.717) is 44.1 Å². The topological polar surface area (TPSA) is 80.1 Å². The fraction of sp³-hybridized carbons (Fsp3) is 0.231. The fourth-order valence-corrected chi connectivity index (χ4v) is 4.05. The molecule has 0 fully saturated rings. The van der Waals surface area contributed by atoms with Gasteiger partial charge in [-0.25, -0.2) is 4.98 Å². The SMILES string of the molecule is CCN(Cc1cccc(NC(=O)c2cc(-c3ccccc3)nc3c2c(C)nn3C)c1)C(=O)C(F)(F)F. The van der Waals surface area contributed by atoms with E-state index in [1.54, 1.807) is 49.0 Å². The molecule has 0 aliphatic rings. The zero-order chi connectivity index (χ0) is 26.0. The van der Waals surface area contributed by atoms with Gasteiger partial charge in [0.2, 0.25) is 0 Å². The number of anilines is 1. The Kier molecular flexibility index (Phi) is 6.78. The molecule has 2 aromatic heterocycles. The van der Waals surface area contributed by atoms with Gasteiger partial charge in [-0.3, -0.25) is 14.3 Å². The number of carbonyl (C=O) groups excluding carboxylic acids is 2. The first-order chi connectivity index (χ1) is 17.1. The van der Waals surface area contributed by atoms with Crippen molar-refractivity contribution in [2.45, 2.75) is 26.6 Å². The molecular formula is C26H24F3N5O2. The minimum atomic E-state index is -4.95. The third-order valence-corrected chi connectivity index (χ3v) is 5.75. The van der Waals surface area contributed by atoms with Crippen LogP contribution < -0.4 is 5.32 Å². The molecule has 0 unspecified atom stereocenters. The molecule has 0 saturated carbocycles. The number of carbonyl (C=O) groups is 2. The maximum Gasteiger partial charge on any atom is 0.471 e. The first-order valence-corrected chi connectivity index (χ1v) is 11.2. The van der Waals surface area contributed by atoms with Crippen LogP contribution in [0.5, 0.6) is 0 Å². The van der Waals surface area contributed by atoms with Crippen LogP contribution in [0.4, 0.5) is 18.9 Å². The van der Waals surface area contributed by atoms with Crippen molar-refractivity contribution >= 4 is 28.5 Å². The van der Waals surface area contributed by atoms with Gasteiger partial charge in [-0.05, 0) is 37.6 Å². The third kappa shape index (κ3) is 5.07. The lowest BCUT2D eigenvalue weighted by molar-refractivity contribution is -0.185. The van der Waals surface area contributed by atoms with Crippen molar-refractivity contribution < 1.29 is 22.8 Å². The third-order valence-electron chi connectivity index (χ3n) is 5.75. The van der Waals surface area contributed by atoms with Gasteiger partial charge in [-0.15, -0.1) is 0 Å². The van der Waals surface area contributed by atoms with E-state index in [2.05, 4.69) is 10.4 Å². The molecular weight excluding hydrogens is 471 g/mol. The number of nitrogens with one attached hydrogen (secondary N) is 1. The largest absolute Gasteiger partial charge is 0.471 e. The summed E-state index contributed by atoms with van der Waals surface area (Å²) in [6.07, 6.45) is -4.95. The Morgan fingerprint density at radius 1 is 1.06 bits per heavy atom. The van der Waals surface area contributed by atoms with Crippen LogP contribution >= 0.6 is 0 Å². The van der Waals surface area contributed by atoms with Gasteiger partial charge in [0.05, 0.1) is 22.3 Å². The van der Waals surface area contributed by atoms with Crippen molar-refractivity contribution in [3.63, 3.8) is 0 Å². The highest BCUT2D eigenvalue weighted by atomic mass is 19.4. The number of hydrogen-bond acceptors (Lipinski definition) is 4. The fourth-order valence-electron chi connectivity index (χ4n) is 4.05. The highest BCUT2D eigenvalue weighted by Gasteiger charge is 2.41. The van der Waals surface area contributed by atoms with Gasteiger partial charge in [0.25, 0.3) is 5.91 Å². The van der Waals surface area contributed by atoms with E-state index in [1.807, 2.05) is 30.3 Å². The first kappa shape index (κ1) is 24.9. The number of aryl methyl sites for hydroxylation is 2. The van der Waals surface area contributed by atoms with E-state index in [1.165, 1.54) is 6.92 Å². The van der Waals surface area contributed by atoms with Gasteiger partial charge in [-0.1, -0.05) is 42.5 Å². The minimum absolute atomic E-state index is 0.105. The van der Waals surface area contributed by atoms with Crippen LogP contribution in [0.1, 0.15) is 28.5 Å². The number of pyridine rings is 1. The quantitative estimate of drug-likeness (QED) is 0.403. The summed E-state index contributed by atoms with van der Waals surface area (Å²) in [4.78, 5) is 30.5. The van der Waals surface area contributed by atoms with Gasteiger partial charge in [0.15, 0.2) is 5.65 Å². The standard InChI is InChI=1S/C26H24F3N5O2/c1-4-34(25(36)26(27,28)29)15-17-9-8-12-19(13-17)30-24(35)20-14-21(18-10-6-5-7-11-18)31-23-22(20)16(2)32-33(23)3/h5-14H,4,15H2,1-3H3,(H,30,35). The Morgan fingerprint density at radius 2 is 1.78 bits per heavy atom. The molecule has 7 nitrogen and oxygen atoms in total. The molecule has 186 valence electrons. The maximum atomic E-state index is 13.4. The molecule has 0 atom stereocenters. The van der Waals surface area contributed by atoms with E-state index in [-0.39, 0.29) is 13.1 Å². The summed E-state index contributed by atoms with van der Waals surface area (Å²) in [5.74, 6) is -2.31. The van der Waals surface area contributed by atoms with Crippen molar-refractivity contribution in [1.82, 2.24) is 19.7 Å². The normalized spacial score (nSPS) is 11.5. The van der Waals surface area contributed by atoms with Crippen LogP contribution in [0.3, 0.4) is 0 Å². The second kappa shape index (κ2) is 9.80. The highest BCUT2D eigenvalue weighted by molar-refractivity contribution is 6.13.